The Morgan fingerprint density at radius 3 is 2.95 bits per heavy atom. The maximum atomic E-state index is 12.1. The number of hydrogen-bond acceptors (Lipinski definition) is 5. The number of amides is 2. The number of nitrogens with one attached hydrogen (secondary N) is 4. The smallest absolute Gasteiger partial charge is 0.320 e. The zero-order chi connectivity index (χ0) is 15.9. The molecule has 1 aliphatic rings. The van der Waals surface area contributed by atoms with Crippen molar-refractivity contribution in [2.75, 3.05) is 5.32 Å². The number of hydrazine groups is 1. The number of nitriles is 1. The van der Waals surface area contributed by atoms with E-state index in [1.807, 2.05) is 31.2 Å². The summed E-state index contributed by atoms with van der Waals surface area (Å²) < 4.78 is 0. The number of para-hydroxylation sites is 1. The quantitative estimate of drug-likeness (QED) is 0.626. The molecule has 0 spiro atoms. The first-order chi connectivity index (χ1) is 10.6. The van der Waals surface area contributed by atoms with Crippen molar-refractivity contribution in [2.24, 2.45) is 0 Å². The zero-order valence-electron chi connectivity index (χ0n) is 12.7. The van der Waals surface area contributed by atoms with Gasteiger partial charge in [-0.25, -0.2) is 10.2 Å². The standard InChI is InChI=1S/C15H21N5OS/c1-10-9-14(20-19-10)18-15(21)17-12-5-3-4-6-13(12)22-11(2)7-8-16/h3-6,10-11,14,19-20H,7,9H2,1-2H3,(H2,17,18,21). The molecule has 1 aromatic carbocycles. The van der Waals surface area contributed by atoms with Crippen LogP contribution in [0.15, 0.2) is 29.2 Å². The summed E-state index contributed by atoms with van der Waals surface area (Å²) in [5.41, 5.74) is 6.84. The largest absolute Gasteiger partial charge is 0.321 e. The Morgan fingerprint density at radius 1 is 1.50 bits per heavy atom. The molecule has 2 amide bonds. The first kappa shape index (κ1) is 16.6. The molecule has 118 valence electrons. The van der Waals surface area contributed by atoms with Gasteiger partial charge in [0.25, 0.3) is 0 Å². The average molecular weight is 319 g/mol. The number of nitrogens with zero attached hydrogens (tertiary/aromatic N) is 1. The molecule has 0 saturated carbocycles. The molecule has 1 aromatic rings. The highest BCUT2D eigenvalue weighted by molar-refractivity contribution is 8.00. The minimum Gasteiger partial charge on any atom is -0.321 e. The number of thioether (sulfide) groups is 1. The Bertz CT molecular complexity index is 559. The second-order valence-corrected chi connectivity index (χ2v) is 6.84. The molecule has 3 unspecified atom stereocenters. The molecule has 3 atom stereocenters. The van der Waals surface area contributed by atoms with E-state index in [0.717, 1.165) is 17.0 Å². The molecule has 0 aromatic heterocycles. The Balaban J connectivity index is 1.94. The van der Waals surface area contributed by atoms with E-state index in [9.17, 15) is 4.79 Å². The summed E-state index contributed by atoms with van der Waals surface area (Å²) in [4.78, 5) is 13.1. The third-order valence-corrected chi connectivity index (χ3v) is 4.42. The van der Waals surface area contributed by atoms with Gasteiger partial charge in [-0.05, 0) is 25.5 Å². The summed E-state index contributed by atoms with van der Waals surface area (Å²) >= 11 is 1.59. The molecule has 0 radical (unpaired) electrons. The van der Waals surface area contributed by atoms with Gasteiger partial charge in [0.2, 0.25) is 0 Å². The predicted octanol–water partition coefficient (Wildman–Crippen LogP) is 2.41. The van der Waals surface area contributed by atoms with Crippen molar-refractivity contribution in [3.8, 4) is 6.07 Å². The van der Waals surface area contributed by atoms with Crippen LogP contribution in [0.5, 0.6) is 0 Å². The minimum absolute atomic E-state index is 0.0765. The van der Waals surface area contributed by atoms with E-state index in [1.165, 1.54) is 0 Å². The van der Waals surface area contributed by atoms with Crippen molar-refractivity contribution in [2.45, 2.75) is 49.0 Å². The van der Waals surface area contributed by atoms with Gasteiger partial charge >= 0.3 is 6.03 Å². The second kappa shape index (κ2) is 8.03. The lowest BCUT2D eigenvalue weighted by Crippen LogP contribution is -2.46. The number of rotatable bonds is 5. The SMILES string of the molecule is CC1CC(NC(=O)Nc2ccccc2SC(C)CC#N)NN1. The molecule has 0 bridgehead atoms. The lowest BCUT2D eigenvalue weighted by atomic mass is 10.2. The van der Waals surface area contributed by atoms with Crippen molar-refractivity contribution < 1.29 is 4.79 Å². The molecule has 7 heteroatoms. The van der Waals surface area contributed by atoms with Gasteiger partial charge in [0.15, 0.2) is 0 Å². The van der Waals surface area contributed by atoms with E-state index in [2.05, 4.69) is 34.5 Å². The molecule has 6 nitrogen and oxygen atoms in total. The van der Waals surface area contributed by atoms with Gasteiger partial charge in [-0.3, -0.25) is 5.43 Å². The normalized spacial score (nSPS) is 21.9. The second-order valence-electron chi connectivity index (χ2n) is 5.36. The van der Waals surface area contributed by atoms with Crippen LogP contribution in [0.1, 0.15) is 26.7 Å². The third-order valence-electron chi connectivity index (χ3n) is 3.24. The number of hydrogen-bond donors (Lipinski definition) is 4. The van der Waals surface area contributed by atoms with E-state index in [0.29, 0.717) is 12.5 Å². The van der Waals surface area contributed by atoms with E-state index in [4.69, 9.17) is 5.26 Å². The number of carbonyl (C=O) groups is 1. The van der Waals surface area contributed by atoms with E-state index in [-0.39, 0.29) is 17.4 Å². The molecule has 2 rings (SSSR count). The monoisotopic (exact) mass is 319 g/mol. The van der Waals surface area contributed by atoms with Crippen LogP contribution in [0, 0.1) is 11.3 Å². The summed E-state index contributed by atoms with van der Waals surface area (Å²) in [6.45, 7) is 4.05. The van der Waals surface area contributed by atoms with Crippen molar-refractivity contribution >= 4 is 23.5 Å². The lowest BCUT2D eigenvalue weighted by molar-refractivity contribution is 0.247. The Hall–Kier alpha value is -1.75. The highest BCUT2D eigenvalue weighted by Crippen LogP contribution is 2.31. The molecule has 22 heavy (non-hydrogen) atoms. The van der Waals surface area contributed by atoms with Crippen LogP contribution in [-0.4, -0.2) is 23.5 Å². The zero-order valence-corrected chi connectivity index (χ0v) is 13.5. The molecular formula is C15H21N5OS. The average Bonchev–Trinajstić information content (AvgIpc) is 2.86. The molecule has 1 heterocycles. The number of urea groups is 1. The fraction of sp³-hybridized carbons (Fsp3) is 0.467. The van der Waals surface area contributed by atoms with Crippen LogP contribution in [0.3, 0.4) is 0 Å². The number of benzene rings is 1. The summed E-state index contributed by atoms with van der Waals surface area (Å²) in [5.74, 6) is 0. The van der Waals surface area contributed by atoms with Crippen LogP contribution in [0.25, 0.3) is 0 Å². The van der Waals surface area contributed by atoms with Gasteiger partial charge in [0.1, 0.15) is 0 Å². The van der Waals surface area contributed by atoms with Crippen molar-refractivity contribution in [1.29, 1.82) is 5.26 Å². The highest BCUT2D eigenvalue weighted by atomic mass is 32.2. The number of anilines is 1. The van der Waals surface area contributed by atoms with Gasteiger partial charge in [-0.1, -0.05) is 19.1 Å². The van der Waals surface area contributed by atoms with Gasteiger partial charge in [-0.2, -0.15) is 5.26 Å². The van der Waals surface area contributed by atoms with Crippen molar-refractivity contribution in [1.82, 2.24) is 16.2 Å². The molecule has 4 N–H and O–H groups in total. The lowest BCUT2D eigenvalue weighted by Gasteiger charge is -2.16. The third kappa shape index (κ3) is 4.91. The van der Waals surface area contributed by atoms with Gasteiger partial charge in [0, 0.05) is 22.6 Å². The molecule has 1 aliphatic heterocycles. The van der Waals surface area contributed by atoms with E-state index < -0.39 is 0 Å². The van der Waals surface area contributed by atoms with Crippen molar-refractivity contribution in [3.63, 3.8) is 0 Å². The topological polar surface area (TPSA) is 89.0 Å². The van der Waals surface area contributed by atoms with Gasteiger partial charge < -0.3 is 10.6 Å². The van der Waals surface area contributed by atoms with Crippen LogP contribution in [0.4, 0.5) is 10.5 Å². The van der Waals surface area contributed by atoms with Crippen molar-refractivity contribution in [3.05, 3.63) is 24.3 Å². The first-order valence-electron chi connectivity index (χ1n) is 7.29. The number of carbonyl (C=O) groups excluding carboxylic acids is 1. The van der Waals surface area contributed by atoms with Crippen LogP contribution in [0.2, 0.25) is 0 Å². The van der Waals surface area contributed by atoms with E-state index >= 15 is 0 Å². The molecule has 1 fully saturated rings. The Labute approximate surface area is 135 Å². The van der Waals surface area contributed by atoms with Crippen LogP contribution >= 0.6 is 11.8 Å². The fourth-order valence-electron chi connectivity index (χ4n) is 2.19. The highest BCUT2D eigenvalue weighted by Gasteiger charge is 2.21. The van der Waals surface area contributed by atoms with Gasteiger partial charge in [0.05, 0.1) is 17.9 Å². The summed E-state index contributed by atoms with van der Waals surface area (Å²) in [6.07, 6.45) is 1.23. The maximum absolute atomic E-state index is 12.1. The molecule has 0 aliphatic carbocycles. The molecular weight excluding hydrogens is 298 g/mol. The summed E-state index contributed by atoms with van der Waals surface area (Å²) in [5, 5.41) is 14.7. The molecule has 1 saturated heterocycles. The fourth-order valence-corrected chi connectivity index (χ4v) is 3.18. The maximum Gasteiger partial charge on any atom is 0.320 e. The first-order valence-corrected chi connectivity index (χ1v) is 8.17. The predicted molar refractivity (Wildman–Crippen MR) is 88.3 cm³/mol. The van der Waals surface area contributed by atoms with Gasteiger partial charge in [-0.15, -0.1) is 11.8 Å². The summed E-state index contributed by atoms with van der Waals surface area (Å²) in [6, 6.07) is 9.88. The van der Waals surface area contributed by atoms with E-state index in [1.54, 1.807) is 11.8 Å². The summed E-state index contributed by atoms with van der Waals surface area (Å²) in [7, 11) is 0. The Kier molecular flexibility index (Phi) is 6.07. The Morgan fingerprint density at radius 2 is 2.27 bits per heavy atom. The van der Waals surface area contributed by atoms with Crippen LogP contribution in [-0.2, 0) is 0 Å². The minimum atomic E-state index is -0.241. The van der Waals surface area contributed by atoms with Crippen LogP contribution < -0.4 is 21.5 Å².